The molecule has 0 unspecified atom stereocenters. The Balaban J connectivity index is 2.27. The van der Waals surface area contributed by atoms with E-state index >= 15 is 0 Å². The number of ether oxygens (including phenoxy) is 2. The van der Waals surface area contributed by atoms with Gasteiger partial charge in [-0.15, -0.1) is 0 Å². The molecule has 0 amide bonds. The summed E-state index contributed by atoms with van der Waals surface area (Å²) in [4.78, 5) is 11.8. The SMILES string of the molecule is CCOC(=O)c1cnn(Cc2cc(C(F)(F)F)ccc2OCC(CC)CC)c1. The summed E-state index contributed by atoms with van der Waals surface area (Å²) in [5.74, 6) is 0.186. The first-order chi connectivity index (χ1) is 13.3. The van der Waals surface area contributed by atoms with Crippen LogP contribution >= 0.6 is 0 Å². The number of halogens is 3. The van der Waals surface area contributed by atoms with Gasteiger partial charge in [-0.2, -0.15) is 18.3 Å². The molecule has 0 atom stereocenters. The highest BCUT2D eigenvalue weighted by Gasteiger charge is 2.31. The number of hydrogen-bond donors (Lipinski definition) is 0. The predicted octanol–water partition coefficient (Wildman–Crippen LogP) is 4.94. The molecular weight excluding hydrogens is 373 g/mol. The van der Waals surface area contributed by atoms with Crippen molar-refractivity contribution in [3.05, 3.63) is 47.3 Å². The summed E-state index contributed by atoms with van der Waals surface area (Å²) < 4.78 is 51.5. The Kier molecular flexibility index (Phi) is 7.48. The molecule has 0 bridgehead atoms. The van der Waals surface area contributed by atoms with Crippen LogP contribution in [0.4, 0.5) is 13.2 Å². The Labute approximate surface area is 162 Å². The molecule has 0 saturated heterocycles. The van der Waals surface area contributed by atoms with Crippen LogP contribution in [0, 0.1) is 5.92 Å². The van der Waals surface area contributed by atoms with E-state index in [0.29, 0.717) is 23.8 Å². The van der Waals surface area contributed by atoms with E-state index < -0.39 is 17.7 Å². The van der Waals surface area contributed by atoms with Gasteiger partial charge in [0.1, 0.15) is 5.75 Å². The van der Waals surface area contributed by atoms with Crippen molar-refractivity contribution >= 4 is 5.97 Å². The molecule has 154 valence electrons. The lowest BCUT2D eigenvalue weighted by Gasteiger charge is -2.18. The molecule has 5 nitrogen and oxygen atoms in total. The smallest absolute Gasteiger partial charge is 0.416 e. The molecule has 1 aromatic heterocycles. The Morgan fingerprint density at radius 3 is 2.54 bits per heavy atom. The minimum atomic E-state index is -4.46. The van der Waals surface area contributed by atoms with Crippen molar-refractivity contribution in [3.63, 3.8) is 0 Å². The standard InChI is InChI=1S/C20H25F3N2O3/c1-4-14(5-2)13-28-18-8-7-17(20(21,22)23)9-15(18)11-25-12-16(10-24-25)19(26)27-6-3/h7-10,12,14H,4-6,11,13H2,1-3H3. The van der Waals surface area contributed by atoms with E-state index in [2.05, 4.69) is 5.10 Å². The van der Waals surface area contributed by atoms with Crippen molar-refractivity contribution in [1.82, 2.24) is 9.78 Å². The maximum absolute atomic E-state index is 13.1. The number of benzene rings is 1. The van der Waals surface area contributed by atoms with Gasteiger partial charge in [-0.05, 0) is 31.0 Å². The number of carbonyl (C=O) groups is 1. The maximum Gasteiger partial charge on any atom is 0.416 e. The Hall–Kier alpha value is -2.51. The molecule has 0 spiro atoms. The predicted molar refractivity (Wildman–Crippen MR) is 98.3 cm³/mol. The third-order valence-electron chi connectivity index (χ3n) is 4.49. The zero-order chi connectivity index (χ0) is 20.7. The van der Waals surface area contributed by atoms with Crippen LogP contribution in [-0.2, 0) is 17.5 Å². The van der Waals surface area contributed by atoms with Crippen molar-refractivity contribution in [2.45, 2.75) is 46.3 Å². The number of alkyl halides is 3. The van der Waals surface area contributed by atoms with E-state index in [1.807, 2.05) is 13.8 Å². The lowest BCUT2D eigenvalue weighted by atomic mass is 10.0. The highest BCUT2D eigenvalue weighted by molar-refractivity contribution is 5.88. The average Bonchev–Trinajstić information content (AvgIpc) is 3.11. The second-order valence-corrected chi connectivity index (χ2v) is 6.46. The molecule has 1 aromatic carbocycles. The Morgan fingerprint density at radius 1 is 1.21 bits per heavy atom. The first-order valence-electron chi connectivity index (χ1n) is 9.30. The lowest BCUT2D eigenvalue weighted by Crippen LogP contribution is -2.13. The van der Waals surface area contributed by atoms with Gasteiger partial charge in [0.05, 0.1) is 37.1 Å². The number of aromatic nitrogens is 2. The number of nitrogens with zero attached hydrogens (tertiary/aromatic N) is 2. The van der Waals surface area contributed by atoms with Crippen molar-refractivity contribution in [2.24, 2.45) is 5.92 Å². The van der Waals surface area contributed by atoms with Gasteiger partial charge in [0.2, 0.25) is 0 Å². The highest BCUT2D eigenvalue weighted by atomic mass is 19.4. The van der Waals surface area contributed by atoms with Crippen LogP contribution < -0.4 is 4.74 Å². The quantitative estimate of drug-likeness (QED) is 0.562. The van der Waals surface area contributed by atoms with Gasteiger partial charge in [-0.3, -0.25) is 4.68 Å². The second-order valence-electron chi connectivity index (χ2n) is 6.46. The van der Waals surface area contributed by atoms with E-state index in [1.165, 1.54) is 23.1 Å². The first-order valence-corrected chi connectivity index (χ1v) is 9.30. The van der Waals surface area contributed by atoms with Crippen LogP contribution in [0.1, 0.15) is 55.1 Å². The number of hydrogen-bond acceptors (Lipinski definition) is 4. The van der Waals surface area contributed by atoms with Gasteiger partial charge < -0.3 is 9.47 Å². The summed E-state index contributed by atoms with van der Waals surface area (Å²) in [6, 6.07) is 3.42. The van der Waals surface area contributed by atoms with Crippen LogP contribution in [0.25, 0.3) is 0 Å². The topological polar surface area (TPSA) is 53.3 Å². The van der Waals surface area contributed by atoms with Crippen LogP contribution in [0.2, 0.25) is 0 Å². The molecule has 1 heterocycles. The van der Waals surface area contributed by atoms with E-state index in [0.717, 1.165) is 25.0 Å². The van der Waals surface area contributed by atoms with Gasteiger partial charge in [-0.25, -0.2) is 4.79 Å². The van der Waals surface area contributed by atoms with E-state index in [-0.39, 0.29) is 18.7 Å². The molecule has 8 heteroatoms. The summed E-state index contributed by atoms with van der Waals surface area (Å²) in [6.07, 6.45) is 0.172. The maximum atomic E-state index is 13.1. The number of esters is 1. The summed E-state index contributed by atoms with van der Waals surface area (Å²) in [7, 11) is 0. The largest absolute Gasteiger partial charge is 0.493 e. The molecular formula is C20H25F3N2O3. The van der Waals surface area contributed by atoms with Gasteiger partial charge in [-0.1, -0.05) is 26.7 Å². The fraction of sp³-hybridized carbons (Fsp3) is 0.500. The van der Waals surface area contributed by atoms with Gasteiger partial charge in [0.25, 0.3) is 0 Å². The molecule has 0 fully saturated rings. The fourth-order valence-corrected chi connectivity index (χ4v) is 2.70. The molecule has 2 aromatic rings. The minimum absolute atomic E-state index is 0.0432. The number of carbonyl (C=O) groups excluding carboxylic acids is 1. The lowest BCUT2D eigenvalue weighted by molar-refractivity contribution is -0.137. The third kappa shape index (κ3) is 5.74. The van der Waals surface area contributed by atoms with E-state index in [4.69, 9.17) is 9.47 Å². The number of rotatable bonds is 9. The summed E-state index contributed by atoms with van der Waals surface area (Å²) in [5.41, 5.74) is -0.164. The van der Waals surface area contributed by atoms with E-state index in [9.17, 15) is 18.0 Å². The van der Waals surface area contributed by atoms with Crippen LogP contribution in [0.5, 0.6) is 5.75 Å². The second kappa shape index (κ2) is 9.61. The van der Waals surface area contributed by atoms with Crippen LogP contribution in [-0.4, -0.2) is 29.0 Å². The fourth-order valence-electron chi connectivity index (χ4n) is 2.70. The van der Waals surface area contributed by atoms with Crippen molar-refractivity contribution in [1.29, 1.82) is 0 Å². The molecule has 28 heavy (non-hydrogen) atoms. The average molecular weight is 398 g/mol. The normalized spacial score (nSPS) is 11.7. The van der Waals surface area contributed by atoms with Crippen LogP contribution in [0.3, 0.4) is 0 Å². The summed E-state index contributed by atoms with van der Waals surface area (Å²) >= 11 is 0. The molecule has 0 aliphatic rings. The summed E-state index contributed by atoms with van der Waals surface area (Å²) in [6.45, 7) is 6.48. The molecule has 0 N–H and O–H groups in total. The molecule has 2 rings (SSSR count). The van der Waals surface area contributed by atoms with Gasteiger partial charge >= 0.3 is 12.1 Å². The molecule has 0 radical (unpaired) electrons. The highest BCUT2D eigenvalue weighted by Crippen LogP contribution is 2.33. The van der Waals surface area contributed by atoms with Crippen LogP contribution in [0.15, 0.2) is 30.6 Å². The van der Waals surface area contributed by atoms with E-state index in [1.54, 1.807) is 6.92 Å². The molecule has 0 aliphatic heterocycles. The third-order valence-corrected chi connectivity index (χ3v) is 4.49. The molecule has 0 aliphatic carbocycles. The zero-order valence-corrected chi connectivity index (χ0v) is 16.3. The Morgan fingerprint density at radius 2 is 1.93 bits per heavy atom. The summed E-state index contributed by atoms with van der Waals surface area (Å²) in [5, 5.41) is 4.05. The van der Waals surface area contributed by atoms with Gasteiger partial charge in [0, 0.05) is 11.8 Å². The zero-order valence-electron chi connectivity index (χ0n) is 16.3. The van der Waals surface area contributed by atoms with Crippen molar-refractivity contribution in [2.75, 3.05) is 13.2 Å². The Bertz CT molecular complexity index is 783. The van der Waals surface area contributed by atoms with Gasteiger partial charge in [0.15, 0.2) is 0 Å². The molecule has 0 saturated carbocycles. The van der Waals surface area contributed by atoms with Crippen molar-refractivity contribution in [3.8, 4) is 5.75 Å². The first kappa shape index (κ1) is 21.8. The monoisotopic (exact) mass is 398 g/mol. The minimum Gasteiger partial charge on any atom is -0.493 e. The van der Waals surface area contributed by atoms with Crippen molar-refractivity contribution < 1.29 is 27.4 Å².